The monoisotopic (exact) mass is 706 g/mol. The zero-order valence-electron chi connectivity index (χ0n) is 33.5. The highest BCUT2D eigenvalue weighted by atomic mass is 16.3. The first-order chi connectivity index (χ1) is 24.5. The van der Waals surface area contributed by atoms with Crippen molar-refractivity contribution in [2.75, 3.05) is 6.61 Å². The number of carbonyl (C=O) groups is 1. The number of nitrogens with one attached hydrogen (secondary N) is 1. The summed E-state index contributed by atoms with van der Waals surface area (Å²) >= 11 is 0. The molecule has 50 heavy (non-hydrogen) atoms. The van der Waals surface area contributed by atoms with Crippen LogP contribution in [0.3, 0.4) is 0 Å². The van der Waals surface area contributed by atoms with Crippen molar-refractivity contribution in [3.63, 3.8) is 0 Å². The molecule has 0 saturated heterocycles. The molecule has 0 saturated carbocycles. The van der Waals surface area contributed by atoms with E-state index >= 15 is 0 Å². The van der Waals surface area contributed by atoms with Crippen molar-refractivity contribution >= 4 is 5.91 Å². The smallest absolute Gasteiger partial charge is 0.222 e. The molecule has 3 atom stereocenters. The maximum atomic E-state index is 12.4. The molecule has 0 fully saturated rings. The molecule has 5 nitrogen and oxygen atoms in total. The van der Waals surface area contributed by atoms with Gasteiger partial charge >= 0.3 is 0 Å². The third-order valence-corrected chi connectivity index (χ3v) is 10.2. The predicted molar refractivity (Wildman–Crippen MR) is 218 cm³/mol. The molecule has 0 aromatic rings. The summed E-state index contributed by atoms with van der Waals surface area (Å²) in [5.41, 5.74) is 0. The molecule has 0 aliphatic heterocycles. The molecule has 0 aromatic heterocycles. The van der Waals surface area contributed by atoms with Gasteiger partial charge in [-0.2, -0.15) is 0 Å². The topological polar surface area (TPSA) is 89.8 Å². The van der Waals surface area contributed by atoms with Crippen LogP contribution in [0.4, 0.5) is 0 Å². The molecule has 0 radical (unpaired) electrons. The number of rotatable bonds is 40. The summed E-state index contributed by atoms with van der Waals surface area (Å²) in [7, 11) is 0. The quantitative estimate of drug-likeness (QED) is 0.0377. The van der Waals surface area contributed by atoms with Gasteiger partial charge in [-0.05, 0) is 44.9 Å². The Morgan fingerprint density at radius 2 is 0.840 bits per heavy atom. The van der Waals surface area contributed by atoms with Gasteiger partial charge in [-0.25, -0.2) is 0 Å². The Morgan fingerprint density at radius 3 is 1.22 bits per heavy atom. The number of hydrogen-bond donors (Lipinski definition) is 4. The van der Waals surface area contributed by atoms with E-state index in [-0.39, 0.29) is 18.9 Å². The summed E-state index contributed by atoms with van der Waals surface area (Å²) in [6, 6.07) is -0.742. The first-order valence-electron chi connectivity index (χ1n) is 22.1. The number of aliphatic hydroxyl groups excluding tert-OH is 3. The predicted octanol–water partition coefficient (Wildman–Crippen LogP) is 12.6. The van der Waals surface area contributed by atoms with Crippen molar-refractivity contribution in [1.29, 1.82) is 0 Å². The fourth-order valence-corrected chi connectivity index (χ4v) is 6.81. The van der Waals surface area contributed by atoms with Gasteiger partial charge in [0.2, 0.25) is 5.91 Å². The van der Waals surface area contributed by atoms with E-state index in [1.54, 1.807) is 6.08 Å². The van der Waals surface area contributed by atoms with E-state index in [2.05, 4.69) is 31.3 Å². The SMILES string of the molecule is CCCCCCCCCCCC/C=C/C(O)C(CO)NC(=O)CC(O)CCCCCCCCC/C=C\CCCCCCCCCCCCCC. The molecule has 4 N–H and O–H groups in total. The molecule has 0 rings (SSSR count). The number of allylic oxidation sites excluding steroid dienone is 3. The molecule has 296 valence electrons. The van der Waals surface area contributed by atoms with Gasteiger partial charge in [0.1, 0.15) is 0 Å². The van der Waals surface area contributed by atoms with Crippen molar-refractivity contribution < 1.29 is 20.1 Å². The molecule has 0 spiro atoms. The fraction of sp³-hybridized carbons (Fsp3) is 0.889. The standard InChI is InChI=1S/C45H87NO4/c1-3-5-7-9-11-13-15-17-18-19-20-21-22-23-24-25-26-27-28-30-32-34-36-38-42(48)40-45(50)46-43(41-47)44(49)39-37-35-33-31-29-16-14-12-10-8-6-4-2/h23-24,37,39,42-44,47-49H,3-22,25-36,38,40-41H2,1-2H3,(H,46,50)/b24-23-,39-37+. The van der Waals surface area contributed by atoms with E-state index < -0.39 is 18.2 Å². The first-order valence-corrected chi connectivity index (χ1v) is 22.1. The van der Waals surface area contributed by atoms with Crippen LogP contribution < -0.4 is 5.32 Å². The van der Waals surface area contributed by atoms with Crippen LogP contribution in [-0.2, 0) is 4.79 Å². The maximum Gasteiger partial charge on any atom is 0.222 e. The number of carbonyl (C=O) groups excluding carboxylic acids is 1. The van der Waals surface area contributed by atoms with Crippen molar-refractivity contribution in [2.45, 2.75) is 250 Å². The fourth-order valence-electron chi connectivity index (χ4n) is 6.81. The molecule has 1 amide bonds. The summed E-state index contributed by atoms with van der Waals surface area (Å²) in [4.78, 5) is 12.4. The largest absolute Gasteiger partial charge is 0.394 e. The van der Waals surface area contributed by atoms with E-state index in [0.717, 1.165) is 25.7 Å². The van der Waals surface area contributed by atoms with E-state index in [1.807, 2.05) is 6.08 Å². The summed E-state index contributed by atoms with van der Waals surface area (Å²) < 4.78 is 0. The zero-order chi connectivity index (χ0) is 36.6. The number of aliphatic hydroxyl groups is 3. The summed E-state index contributed by atoms with van der Waals surface area (Å²) in [5.74, 6) is -0.318. The second-order valence-electron chi connectivity index (χ2n) is 15.3. The molecule has 0 heterocycles. The third-order valence-electron chi connectivity index (χ3n) is 10.2. The van der Waals surface area contributed by atoms with Crippen LogP contribution in [0.2, 0.25) is 0 Å². The van der Waals surface area contributed by atoms with Crippen LogP contribution in [0, 0.1) is 0 Å². The van der Waals surface area contributed by atoms with Gasteiger partial charge in [0.25, 0.3) is 0 Å². The van der Waals surface area contributed by atoms with Crippen molar-refractivity contribution in [1.82, 2.24) is 5.32 Å². The van der Waals surface area contributed by atoms with Crippen molar-refractivity contribution in [3.8, 4) is 0 Å². The Bertz CT molecular complexity index is 739. The Hall–Kier alpha value is -1.17. The minimum absolute atomic E-state index is 0.0123. The average molecular weight is 706 g/mol. The molecule has 0 bridgehead atoms. The maximum absolute atomic E-state index is 12.4. The number of amides is 1. The molecule has 0 aliphatic carbocycles. The highest BCUT2D eigenvalue weighted by Gasteiger charge is 2.20. The minimum Gasteiger partial charge on any atom is -0.394 e. The lowest BCUT2D eigenvalue weighted by atomic mass is 10.0. The van der Waals surface area contributed by atoms with Gasteiger partial charge in [0.15, 0.2) is 0 Å². The van der Waals surface area contributed by atoms with Gasteiger partial charge in [-0.15, -0.1) is 0 Å². The van der Waals surface area contributed by atoms with Crippen LogP contribution in [0.25, 0.3) is 0 Å². The third kappa shape index (κ3) is 36.6. The highest BCUT2D eigenvalue weighted by molar-refractivity contribution is 5.76. The molecule has 5 heteroatoms. The normalized spacial score (nSPS) is 13.8. The van der Waals surface area contributed by atoms with E-state index in [0.29, 0.717) is 6.42 Å². The lowest BCUT2D eigenvalue weighted by Crippen LogP contribution is -2.45. The Kier molecular flexibility index (Phi) is 39.6. The van der Waals surface area contributed by atoms with Crippen LogP contribution in [-0.4, -0.2) is 46.1 Å². The van der Waals surface area contributed by atoms with Crippen molar-refractivity contribution in [2.24, 2.45) is 0 Å². The lowest BCUT2D eigenvalue weighted by molar-refractivity contribution is -0.124. The molecule has 3 unspecified atom stereocenters. The summed E-state index contributed by atoms with van der Waals surface area (Å²) in [6.07, 6.45) is 49.0. The summed E-state index contributed by atoms with van der Waals surface area (Å²) in [6.45, 7) is 4.21. The van der Waals surface area contributed by atoms with Crippen LogP contribution in [0.5, 0.6) is 0 Å². The Balaban J connectivity index is 3.62. The second-order valence-corrected chi connectivity index (χ2v) is 15.3. The van der Waals surface area contributed by atoms with Gasteiger partial charge in [-0.3, -0.25) is 4.79 Å². The Labute approximate surface area is 312 Å². The molecule has 0 aromatic carbocycles. The second kappa shape index (κ2) is 40.6. The minimum atomic E-state index is -0.927. The van der Waals surface area contributed by atoms with E-state index in [4.69, 9.17) is 0 Å². The first kappa shape index (κ1) is 48.8. The van der Waals surface area contributed by atoms with Gasteiger partial charge < -0.3 is 20.6 Å². The van der Waals surface area contributed by atoms with Crippen LogP contribution in [0.15, 0.2) is 24.3 Å². The molecule has 0 aliphatic rings. The van der Waals surface area contributed by atoms with Crippen LogP contribution >= 0.6 is 0 Å². The highest BCUT2D eigenvalue weighted by Crippen LogP contribution is 2.15. The number of hydrogen-bond acceptors (Lipinski definition) is 4. The van der Waals surface area contributed by atoms with Gasteiger partial charge in [0.05, 0.1) is 31.3 Å². The van der Waals surface area contributed by atoms with E-state index in [1.165, 1.54) is 180 Å². The molecular formula is C45H87NO4. The Morgan fingerprint density at radius 1 is 0.500 bits per heavy atom. The van der Waals surface area contributed by atoms with Crippen molar-refractivity contribution in [3.05, 3.63) is 24.3 Å². The summed E-state index contributed by atoms with van der Waals surface area (Å²) in [5, 5.41) is 33.2. The average Bonchev–Trinajstić information content (AvgIpc) is 3.11. The van der Waals surface area contributed by atoms with Crippen LogP contribution in [0.1, 0.15) is 232 Å². The zero-order valence-corrected chi connectivity index (χ0v) is 33.5. The molecular weight excluding hydrogens is 618 g/mol. The number of unbranched alkanes of at least 4 members (excludes halogenated alkanes) is 29. The van der Waals surface area contributed by atoms with Gasteiger partial charge in [-0.1, -0.05) is 205 Å². The van der Waals surface area contributed by atoms with E-state index in [9.17, 15) is 20.1 Å². The van der Waals surface area contributed by atoms with Gasteiger partial charge in [0, 0.05) is 0 Å². The lowest BCUT2D eigenvalue weighted by Gasteiger charge is -2.21.